The molecule has 60 valence electrons. The van der Waals surface area contributed by atoms with Crippen molar-refractivity contribution in [2.75, 3.05) is 12.5 Å². The first-order chi connectivity index (χ1) is 5.29. The molecule has 0 unspecified atom stereocenters. The molecule has 0 saturated heterocycles. The molecule has 0 radical (unpaired) electrons. The Balaban J connectivity index is 3.10. The van der Waals surface area contributed by atoms with E-state index in [1.165, 1.54) is 9.79 Å². The molecule has 0 atom stereocenters. The second-order valence-corrected chi connectivity index (χ2v) is 4.15. The van der Waals surface area contributed by atoms with Gasteiger partial charge in [0.05, 0.1) is 0 Å². The Bertz CT molecular complexity index is 223. The Labute approximate surface area is 81.6 Å². The van der Waals surface area contributed by atoms with E-state index in [0.29, 0.717) is 0 Å². The SMILES string of the molecule is CSc1cccc(SC)c1S. The van der Waals surface area contributed by atoms with Crippen LogP contribution in [-0.2, 0) is 0 Å². The molecule has 0 N–H and O–H groups in total. The van der Waals surface area contributed by atoms with Gasteiger partial charge in [0.15, 0.2) is 0 Å². The summed E-state index contributed by atoms with van der Waals surface area (Å²) < 4.78 is 0. The first kappa shape index (κ1) is 9.36. The maximum Gasteiger partial charge on any atom is 0.0313 e. The average Bonchev–Trinajstić information content (AvgIpc) is 2.05. The third-order valence-electron chi connectivity index (χ3n) is 1.40. The fourth-order valence-electron chi connectivity index (χ4n) is 0.832. The molecule has 3 heteroatoms. The molecule has 0 aliphatic heterocycles. The van der Waals surface area contributed by atoms with E-state index in [4.69, 9.17) is 0 Å². The van der Waals surface area contributed by atoms with Crippen LogP contribution in [0.3, 0.4) is 0 Å². The third kappa shape index (κ3) is 2.10. The lowest BCUT2D eigenvalue weighted by Gasteiger charge is -2.04. The van der Waals surface area contributed by atoms with Crippen LogP contribution < -0.4 is 0 Å². The van der Waals surface area contributed by atoms with Crippen LogP contribution in [0.15, 0.2) is 32.9 Å². The Morgan fingerprint density at radius 2 is 1.55 bits per heavy atom. The largest absolute Gasteiger partial charge is 0.141 e. The van der Waals surface area contributed by atoms with Crippen LogP contribution in [0, 0.1) is 0 Å². The predicted molar refractivity (Wildman–Crippen MR) is 57.3 cm³/mol. The minimum absolute atomic E-state index is 1.10. The Morgan fingerprint density at radius 3 is 1.91 bits per heavy atom. The van der Waals surface area contributed by atoms with Crippen molar-refractivity contribution in [1.29, 1.82) is 0 Å². The van der Waals surface area contributed by atoms with Gasteiger partial charge in [-0.1, -0.05) is 6.07 Å². The molecule has 0 spiro atoms. The first-order valence-corrected chi connectivity index (χ1v) is 6.09. The highest BCUT2D eigenvalue weighted by Crippen LogP contribution is 2.31. The molecule has 0 aliphatic carbocycles. The number of thiol groups is 1. The van der Waals surface area contributed by atoms with Gasteiger partial charge in [-0.25, -0.2) is 0 Å². The molecule has 0 amide bonds. The zero-order valence-electron chi connectivity index (χ0n) is 6.50. The lowest BCUT2D eigenvalue weighted by atomic mass is 10.4. The van der Waals surface area contributed by atoms with Crippen LogP contribution in [0.4, 0.5) is 0 Å². The van der Waals surface area contributed by atoms with E-state index in [0.717, 1.165) is 4.90 Å². The van der Waals surface area contributed by atoms with Crippen LogP contribution in [0.25, 0.3) is 0 Å². The molecule has 1 aromatic rings. The van der Waals surface area contributed by atoms with Gasteiger partial charge in [0.2, 0.25) is 0 Å². The summed E-state index contributed by atoms with van der Waals surface area (Å²) in [6.45, 7) is 0. The van der Waals surface area contributed by atoms with Gasteiger partial charge < -0.3 is 0 Å². The number of thioether (sulfide) groups is 2. The maximum absolute atomic E-state index is 4.43. The number of rotatable bonds is 2. The van der Waals surface area contributed by atoms with E-state index < -0.39 is 0 Å². The highest BCUT2D eigenvalue weighted by Gasteiger charge is 2.01. The summed E-state index contributed by atoms with van der Waals surface area (Å²) in [5.41, 5.74) is 0. The normalized spacial score (nSPS) is 10.1. The maximum atomic E-state index is 4.43. The van der Waals surface area contributed by atoms with Crippen molar-refractivity contribution in [3.63, 3.8) is 0 Å². The van der Waals surface area contributed by atoms with Crippen molar-refractivity contribution in [3.05, 3.63) is 18.2 Å². The summed E-state index contributed by atoms with van der Waals surface area (Å²) in [7, 11) is 0. The standard InChI is InChI=1S/C8H10S3/c1-10-6-4-3-5-7(11-2)8(6)9/h3-5,9H,1-2H3. The Kier molecular flexibility index (Phi) is 3.69. The van der Waals surface area contributed by atoms with Gasteiger partial charge in [-0.2, -0.15) is 0 Å². The van der Waals surface area contributed by atoms with Crippen molar-refractivity contribution in [2.24, 2.45) is 0 Å². The van der Waals surface area contributed by atoms with Crippen molar-refractivity contribution >= 4 is 36.2 Å². The Morgan fingerprint density at radius 1 is 1.09 bits per heavy atom. The minimum atomic E-state index is 1.10. The average molecular weight is 202 g/mol. The quantitative estimate of drug-likeness (QED) is 0.576. The van der Waals surface area contributed by atoms with Crippen molar-refractivity contribution in [2.45, 2.75) is 14.7 Å². The van der Waals surface area contributed by atoms with Gasteiger partial charge in [0, 0.05) is 14.7 Å². The highest BCUT2D eigenvalue weighted by atomic mass is 32.2. The van der Waals surface area contributed by atoms with E-state index in [-0.39, 0.29) is 0 Å². The number of hydrogen-bond donors (Lipinski definition) is 1. The molecular formula is C8H10S3. The molecule has 0 nitrogen and oxygen atoms in total. The van der Waals surface area contributed by atoms with Crippen LogP contribution >= 0.6 is 36.2 Å². The monoisotopic (exact) mass is 202 g/mol. The molecule has 1 rings (SSSR count). The third-order valence-corrected chi connectivity index (χ3v) is 3.75. The van der Waals surface area contributed by atoms with E-state index in [1.807, 2.05) is 0 Å². The van der Waals surface area contributed by atoms with Crippen molar-refractivity contribution < 1.29 is 0 Å². The van der Waals surface area contributed by atoms with Gasteiger partial charge in [-0.05, 0) is 24.6 Å². The zero-order chi connectivity index (χ0) is 8.27. The van der Waals surface area contributed by atoms with Crippen LogP contribution in [0.2, 0.25) is 0 Å². The van der Waals surface area contributed by atoms with Crippen molar-refractivity contribution in [3.8, 4) is 0 Å². The Hall–Kier alpha value is 0.270. The highest BCUT2D eigenvalue weighted by molar-refractivity contribution is 8.00. The smallest absolute Gasteiger partial charge is 0.0313 e. The molecule has 11 heavy (non-hydrogen) atoms. The van der Waals surface area contributed by atoms with Crippen LogP contribution in [0.5, 0.6) is 0 Å². The van der Waals surface area contributed by atoms with Gasteiger partial charge in [0.25, 0.3) is 0 Å². The molecule has 0 aliphatic rings. The van der Waals surface area contributed by atoms with Gasteiger partial charge in [0.1, 0.15) is 0 Å². The fraction of sp³-hybridized carbons (Fsp3) is 0.250. The first-order valence-electron chi connectivity index (χ1n) is 3.19. The molecule has 0 bridgehead atoms. The molecule has 1 aromatic carbocycles. The van der Waals surface area contributed by atoms with E-state index in [1.54, 1.807) is 23.5 Å². The molecule has 0 saturated carbocycles. The number of hydrogen-bond acceptors (Lipinski definition) is 3. The van der Waals surface area contributed by atoms with Gasteiger partial charge >= 0.3 is 0 Å². The lowest BCUT2D eigenvalue weighted by Crippen LogP contribution is -1.77. The van der Waals surface area contributed by atoms with Crippen LogP contribution in [-0.4, -0.2) is 12.5 Å². The summed E-state index contributed by atoms with van der Waals surface area (Å²) >= 11 is 7.90. The number of benzene rings is 1. The second kappa shape index (κ2) is 4.33. The van der Waals surface area contributed by atoms with E-state index in [9.17, 15) is 0 Å². The molecular weight excluding hydrogens is 192 g/mol. The second-order valence-electron chi connectivity index (χ2n) is 2.01. The minimum Gasteiger partial charge on any atom is -0.141 e. The van der Waals surface area contributed by atoms with Gasteiger partial charge in [-0.3, -0.25) is 0 Å². The summed E-state index contributed by atoms with van der Waals surface area (Å²) in [5, 5.41) is 0. The molecule has 0 fully saturated rings. The lowest BCUT2D eigenvalue weighted by molar-refractivity contribution is 1.13. The summed E-state index contributed by atoms with van der Waals surface area (Å²) in [5.74, 6) is 0. The summed E-state index contributed by atoms with van der Waals surface area (Å²) in [6.07, 6.45) is 4.14. The zero-order valence-corrected chi connectivity index (χ0v) is 9.02. The molecule has 0 heterocycles. The van der Waals surface area contributed by atoms with E-state index >= 15 is 0 Å². The summed E-state index contributed by atoms with van der Waals surface area (Å²) in [4.78, 5) is 3.60. The van der Waals surface area contributed by atoms with E-state index in [2.05, 4.69) is 43.3 Å². The summed E-state index contributed by atoms with van der Waals surface area (Å²) in [6, 6.07) is 6.25. The fourth-order valence-corrected chi connectivity index (χ4v) is 2.63. The van der Waals surface area contributed by atoms with Crippen LogP contribution in [0.1, 0.15) is 0 Å². The predicted octanol–water partition coefficient (Wildman–Crippen LogP) is 3.42. The van der Waals surface area contributed by atoms with Gasteiger partial charge in [-0.15, -0.1) is 36.2 Å². The topological polar surface area (TPSA) is 0 Å². The van der Waals surface area contributed by atoms with Crippen molar-refractivity contribution in [1.82, 2.24) is 0 Å². The molecule has 0 aromatic heterocycles.